The number of methoxy groups -OCH3 is 1. The van der Waals surface area contributed by atoms with Crippen LogP contribution in [0.1, 0.15) is 22.8 Å². The SMILES string of the molecule is COc1cc(F)c(Cc2cc([C@@H]3OC(CO)[C@@H](O)[C@H](O)[C@H]3O)ccc2Cl)cc1F. The van der Waals surface area contributed by atoms with Crippen LogP contribution in [-0.4, -0.2) is 58.6 Å². The Morgan fingerprint density at radius 1 is 1.00 bits per heavy atom. The molecule has 1 heterocycles. The van der Waals surface area contributed by atoms with Crippen molar-refractivity contribution < 1.29 is 38.7 Å². The summed E-state index contributed by atoms with van der Waals surface area (Å²) in [5, 5.41) is 39.8. The van der Waals surface area contributed by atoms with Crippen molar-refractivity contribution in [3.8, 4) is 5.75 Å². The molecule has 1 aliphatic rings. The van der Waals surface area contributed by atoms with Gasteiger partial charge in [0.1, 0.15) is 36.3 Å². The highest BCUT2D eigenvalue weighted by atomic mass is 35.5. The van der Waals surface area contributed by atoms with Crippen LogP contribution in [0, 0.1) is 11.6 Å². The Kier molecular flexibility index (Phi) is 6.72. The summed E-state index contributed by atoms with van der Waals surface area (Å²) in [7, 11) is 1.23. The third kappa shape index (κ3) is 4.37. The molecule has 6 nitrogen and oxygen atoms in total. The van der Waals surface area contributed by atoms with Crippen LogP contribution < -0.4 is 4.74 Å². The molecule has 1 fully saturated rings. The van der Waals surface area contributed by atoms with E-state index in [9.17, 15) is 29.2 Å². The molecule has 5 atom stereocenters. The summed E-state index contributed by atoms with van der Waals surface area (Å²) in [5.74, 6) is -1.60. The van der Waals surface area contributed by atoms with Gasteiger partial charge in [-0.25, -0.2) is 8.78 Å². The molecule has 0 aromatic heterocycles. The zero-order valence-corrected chi connectivity index (χ0v) is 16.2. The van der Waals surface area contributed by atoms with Crippen LogP contribution in [0.15, 0.2) is 30.3 Å². The maximum absolute atomic E-state index is 14.3. The first-order valence-corrected chi connectivity index (χ1v) is 9.25. The Morgan fingerprint density at radius 3 is 2.38 bits per heavy atom. The second-order valence-corrected chi connectivity index (χ2v) is 7.26. The highest BCUT2D eigenvalue weighted by Gasteiger charge is 2.44. The number of benzene rings is 2. The molecular weight excluding hydrogens is 410 g/mol. The third-order valence-corrected chi connectivity index (χ3v) is 5.36. The van der Waals surface area contributed by atoms with E-state index in [0.29, 0.717) is 11.1 Å². The number of aliphatic hydroxyl groups is 4. The predicted molar refractivity (Wildman–Crippen MR) is 99.9 cm³/mol. The Labute approximate surface area is 170 Å². The second kappa shape index (κ2) is 8.91. The van der Waals surface area contributed by atoms with Gasteiger partial charge in [-0.05, 0) is 28.8 Å². The molecule has 9 heteroatoms. The van der Waals surface area contributed by atoms with Gasteiger partial charge >= 0.3 is 0 Å². The smallest absolute Gasteiger partial charge is 0.165 e. The number of rotatable bonds is 5. The van der Waals surface area contributed by atoms with Gasteiger partial charge in [0.15, 0.2) is 11.6 Å². The minimum atomic E-state index is -1.53. The van der Waals surface area contributed by atoms with Gasteiger partial charge in [0.25, 0.3) is 0 Å². The lowest BCUT2D eigenvalue weighted by atomic mass is 9.90. The summed E-state index contributed by atoms with van der Waals surface area (Å²) in [5.41, 5.74) is 0.886. The maximum Gasteiger partial charge on any atom is 0.165 e. The molecule has 0 aliphatic carbocycles. The van der Waals surface area contributed by atoms with E-state index in [4.69, 9.17) is 21.1 Å². The van der Waals surface area contributed by atoms with E-state index in [1.807, 2.05) is 0 Å². The van der Waals surface area contributed by atoms with Gasteiger partial charge in [0.05, 0.1) is 13.7 Å². The fourth-order valence-corrected chi connectivity index (χ4v) is 3.54. The highest BCUT2D eigenvalue weighted by Crippen LogP contribution is 2.35. The molecule has 0 spiro atoms. The summed E-state index contributed by atoms with van der Waals surface area (Å²) in [6.07, 6.45) is -6.63. The summed E-state index contributed by atoms with van der Waals surface area (Å²) in [6, 6.07) is 6.55. The fraction of sp³-hybridized carbons (Fsp3) is 0.400. The Bertz CT molecular complexity index is 878. The first-order chi connectivity index (χ1) is 13.8. The highest BCUT2D eigenvalue weighted by molar-refractivity contribution is 6.31. The van der Waals surface area contributed by atoms with Crippen molar-refractivity contribution in [1.29, 1.82) is 0 Å². The molecule has 0 bridgehead atoms. The van der Waals surface area contributed by atoms with Gasteiger partial charge in [-0.2, -0.15) is 0 Å². The van der Waals surface area contributed by atoms with Crippen LogP contribution in [0.5, 0.6) is 5.75 Å². The lowest BCUT2D eigenvalue weighted by Gasteiger charge is -2.40. The van der Waals surface area contributed by atoms with Crippen LogP contribution in [0.4, 0.5) is 8.78 Å². The quantitative estimate of drug-likeness (QED) is 0.576. The Hall–Kier alpha value is -1.81. The normalized spacial score (nSPS) is 27.1. The number of hydrogen-bond acceptors (Lipinski definition) is 6. The summed E-state index contributed by atoms with van der Waals surface area (Å²) in [4.78, 5) is 0. The molecule has 1 unspecified atom stereocenters. The van der Waals surface area contributed by atoms with Crippen LogP contribution in [0.2, 0.25) is 5.02 Å². The first-order valence-electron chi connectivity index (χ1n) is 8.87. The molecule has 0 radical (unpaired) electrons. The topological polar surface area (TPSA) is 99.4 Å². The van der Waals surface area contributed by atoms with E-state index in [1.54, 1.807) is 6.07 Å². The van der Waals surface area contributed by atoms with E-state index in [-0.39, 0.29) is 22.8 Å². The Morgan fingerprint density at radius 2 is 1.72 bits per heavy atom. The van der Waals surface area contributed by atoms with Crippen LogP contribution >= 0.6 is 11.6 Å². The fourth-order valence-electron chi connectivity index (χ4n) is 3.35. The molecular formula is C20H21ClF2O6. The average molecular weight is 431 g/mol. The van der Waals surface area contributed by atoms with Gasteiger partial charge in [-0.15, -0.1) is 0 Å². The number of aliphatic hydroxyl groups excluding tert-OH is 4. The van der Waals surface area contributed by atoms with E-state index in [1.165, 1.54) is 19.2 Å². The molecule has 4 N–H and O–H groups in total. The van der Waals surface area contributed by atoms with Crippen molar-refractivity contribution in [2.45, 2.75) is 36.9 Å². The predicted octanol–water partition coefficient (Wildman–Crippen LogP) is 1.73. The minimum Gasteiger partial charge on any atom is -0.494 e. The number of ether oxygens (including phenoxy) is 2. The van der Waals surface area contributed by atoms with Gasteiger partial charge in [-0.1, -0.05) is 23.7 Å². The van der Waals surface area contributed by atoms with E-state index in [2.05, 4.69) is 0 Å². The third-order valence-electron chi connectivity index (χ3n) is 4.99. The van der Waals surface area contributed by atoms with E-state index >= 15 is 0 Å². The van der Waals surface area contributed by atoms with Crippen molar-refractivity contribution in [2.24, 2.45) is 0 Å². The summed E-state index contributed by atoms with van der Waals surface area (Å²) >= 11 is 6.21. The second-order valence-electron chi connectivity index (χ2n) is 6.86. The monoisotopic (exact) mass is 430 g/mol. The largest absolute Gasteiger partial charge is 0.494 e. The van der Waals surface area contributed by atoms with Crippen molar-refractivity contribution in [3.63, 3.8) is 0 Å². The minimum absolute atomic E-state index is 0.0448. The molecule has 1 aliphatic heterocycles. The van der Waals surface area contributed by atoms with Crippen LogP contribution in [-0.2, 0) is 11.2 Å². The van der Waals surface area contributed by atoms with Gasteiger partial charge in [0, 0.05) is 17.5 Å². The standard InChI is InChI=1S/C20H21ClF2O6/c1-28-15-7-13(22)11(6-14(15)23)5-10-4-9(2-3-12(10)21)20-19(27)18(26)17(25)16(8-24)29-20/h2-4,6-7,16-20,24-27H,5,8H2,1H3/t16?,17-,18+,19-,20+/m1/s1. The maximum atomic E-state index is 14.3. The van der Waals surface area contributed by atoms with Crippen LogP contribution in [0.3, 0.4) is 0 Å². The van der Waals surface area contributed by atoms with Crippen LogP contribution in [0.25, 0.3) is 0 Å². The molecule has 29 heavy (non-hydrogen) atoms. The van der Waals surface area contributed by atoms with Crippen molar-refractivity contribution in [1.82, 2.24) is 0 Å². The van der Waals surface area contributed by atoms with Gasteiger partial charge in [-0.3, -0.25) is 0 Å². The summed E-state index contributed by atoms with van der Waals surface area (Å²) in [6.45, 7) is -0.557. The van der Waals surface area contributed by atoms with Crippen molar-refractivity contribution in [2.75, 3.05) is 13.7 Å². The van der Waals surface area contributed by atoms with Crippen molar-refractivity contribution in [3.05, 3.63) is 63.7 Å². The molecule has 158 valence electrons. The molecule has 0 saturated carbocycles. The average Bonchev–Trinajstić information content (AvgIpc) is 2.70. The molecule has 3 rings (SSSR count). The van der Waals surface area contributed by atoms with Gasteiger partial charge < -0.3 is 29.9 Å². The lowest BCUT2D eigenvalue weighted by Crippen LogP contribution is -2.55. The van der Waals surface area contributed by atoms with Gasteiger partial charge in [0.2, 0.25) is 0 Å². The molecule has 1 saturated heterocycles. The molecule has 2 aromatic rings. The van der Waals surface area contributed by atoms with E-state index < -0.39 is 48.8 Å². The molecule has 2 aromatic carbocycles. The Balaban J connectivity index is 1.92. The lowest BCUT2D eigenvalue weighted by molar-refractivity contribution is -0.231. The number of halogens is 3. The first kappa shape index (κ1) is 21.9. The molecule has 0 amide bonds. The zero-order chi connectivity index (χ0) is 21.3. The van der Waals surface area contributed by atoms with Crippen molar-refractivity contribution >= 4 is 11.6 Å². The van der Waals surface area contributed by atoms with E-state index in [0.717, 1.165) is 12.1 Å². The summed E-state index contributed by atoms with van der Waals surface area (Å²) < 4.78 is 38.5. The number of hydrogen-bond donors (Lipinski definition) is 4. The zero-order valence-electron chi connectivity index (χ0n) is 15.4.